The van der Waals surface area contributed by atoms with Crippen molar-refractivity contribution in [1.82, 2.24) is 0 Å². The summed E-state index contributed by atoms with van der Waals surface area (Å²) in [6.45, 7) is 11.2. The zero-order valence-electron chi connectivity index (χ0n) is 18.8. The largest absolute Gasteiger partial charge is 0.478 e. The number of aromatic carboxylic acids is 1. The first-order chi connectivity index (χ1) is 14.0. The molecule has 1 atom stereocenters. The maximum absolute atomic E-state index is 11.1. The van der Waals surface area contributed by atoms with Crippen molar-refractivity contribution in [1.29, 1.82) is 0 Å². The molecule has 0 saturated heterocycles. The fourth-order valence-electron chi connectivity index (χ4n) is 4.33. The lowest BCUT2D eigenvalue weighted by Gasteiger charge is -2.42. The maximum atomic E-state index is 11.1. The van der Waals surface area contributed by atoms with Crippen molar-refractivity contribution in [3.05, 3.63) is 69.8 Å². The predicted octanol–water partition coefficient (Wildman–Crippen LogP) is 6.22. The Labute approximate surface area is 180 Å². The van der Waals surface area contributed by atoms with Crippen LogP contribution >= 0.6 is 0 Å². The number of aryl methyl sites for hydroxylation is 1. The highest BCUT2D eigenvalue weighted by Crippen LogP contribution is 2.46. The highest BCUT2D eigenvalue weighted by molar-refractivity contribution is 5.88. The second-order valence-corrected chi connectivity index (χ2v) is 10.0. The van der Waals surface area contributed by atoms with Crippen molar-refractivity contribution in [2.45, 2.75) is 77.2 Å². The Bertz CT molecular complexity index is 947. The maximum Gasteiger partial charge on any atom is 0.335 e. The van der Waals surface area contributed by atoms with Gasteiger partial charge in [0.2, 0.25) is 0 Å². The van der Waals surface area contributed by atoms with E-state index in [1.54, 1.807) is 12.1 Å². The number of benzene rings is 2. The van der Waals surface area contributed by atoms with E-state index in [9.17, 15) is 9.90 Å². The molecule has 0 saturated carbocycles. The minimum Gasteiger partial charge on any atom is -0.478 e. The summed E-state index contributed by atoms with van der Waals surface area (Å²) in [7, 11) is 0. The summed E-state index contributed by atoms with van der Waals surface area (Å²) in [6.07, 6.45) is 7.75. The van der Waals surface area contributed by atoms with E-state index in [-0.39, 0.29) is 16.9 Å². The van der Waals surface area contributed by atoms with Gasteiger partial charge < -0.3 is 10.2 Å². The molecule has 0 aliphatic heterocycles. The van der Waals surface area contributed by atoms with Gasteiger partial charge >= 0.3 is 5.97 Å². The van der Waals surface area contributed by atoms with E-state index in [0.717, 1.165) is 18.4 Å². The lowest BCUT2D eigenvalue weighted by atomic mass is 9.62. The normalized spacial score (nSPS) is 18.2. The Kier molecular flexibility index (Phi) is 6.24. The molecule has 0 aromatic heterocycles. The first-order valence-corrected chi connectivity index (χ1v) is 10.9. The molecule has 0 heterocycles. The van der Waals surface area contributed by atoms with E-state index in [2.05, 4.69) is 45.9 Å². The Hall–Kier alpha value is -2.39. The lowest BCUT2D eigenvalue weighted by Crippen LogP contribution is -2.34. The first-order valence-electron chi connectivity index (χ1n) is 10.9. The van der Waals surface area contributed by atoms with Crippen molar-refractivity contribution < 1.29 is 15.0 Å². The van der Waals surface area contributed by atoms with Crippen LogP contribution in [-0.2, 0) is 17.3 Å². The molecule has 30 heavy (non-hydrogen) atoms. The molecule has 0 fully saturated rings. The van der Waals surface area contributed by atoms with E-state index >= 15 is 0 Å². The minimum absolute atomic E-state index is 0.138. The highest BCUT2D eigenvalue weighted by Gasteiger charge is 2.37. The molecule has 160 valence electrons. The zero-order chi connectivity index (χ0) is 22.1. The third-order valence-corrected chi connectivity index (χ3v) is 6.56. The van der Waals surface area contributed by atoms with Crippen molar-refractivity contribution in [3.8, 4) is 0 Å². The monoisotopic (exact) mass is 406 g/mol. The average molecular weight is 407 g/mol. The molecule has 2 aromatic carbocycles. The molecule has 1 unspecified atom stereocenters. The van der Waals surface area contributed by atoms with E-state index in [1.807, 2.05) is 25.1 Å². The number of carbonyl (C=O) groups is 1. The number of hydrogen-bond acceptors (Lipinski definition) is 2. The van der Waals surface area contributed by atoms with Crippen LogP contribution in [0.4, 0.5) is 0 Å². The number of aliphatic hydroxyl groups excluding tert-OH is 1. The summed E-state index contributed by atoms with van der Waals surface area (Å²) in [4.78, 5) is 11.1. The smallest absolute Gasteiger partial charge is 0.335 e. The third kappa shape index (κ3) is 4.84. The van der Waals surface area contributed by atoms with Crippen molar-refractivity contribution in [3.63, 3.8) is 0 Å². The standard InChI is InChI=1S/C27H34O3/c1-18(28)6-10-21-16-23-24(27(4,5)15-14-26(23,2)3)17-22(21)13-9-19-7-11-20(12-8-19)25(29)30/h7-9,11-13,16-18,28H,6,10,14-15H2,1-5H3,(H,29,30)/b13-9+. The van der Waals surface area contributed by atoms with Gasteiger partial charge in [-0.15, -0.1) is 0 Å². The highest BCUT2D eigenvalue weighted by atomic mass is 16.4. The van der Waals surface area contributed by atoms with Gasteiger partial charge in [0.1, 0.15) is 0 Å². The van der Waals surface area contributed by atoms with Gasteiger partial charge in [-0.2, -0.15) is 0 Å². The number of aliphatic hydroxyl groups is 1. The number of hydrogen-bond donors (Lipinski definition) is 2. The van der Waals surface area contributed by atoms with Gasteiger partial charge in [-0.05, 0) is 83.4 Å². The van der Waals surface area contributed by atoms with Crippen LogP contribution in [-0.4, -0.2) is 22.3 Å². The second kappa shape index (κ2) is 8.39. The molecule has 0 spiro atoms. The number of carboxylic acid groups (broad SMARTS) is 1. The summed E-state index contributed by atoms with van der Waals surface area (Å²) in [6, 6.07) is 11.6. The van der Waals surface area contributed by atoms with Gasteiger partial charge in [-0.25, -0.2) is 4.79 Å². The van der Waals surface area contributed by atoms with Gasteiger partial charge in [-0.1, -0.05) is 64.1 Å². The van der Waals surface area contributed by atoms with Crippen LogP contribution < -0.4 is 0 Å². The van der Waals surface area contributed by atoms with Crippen LogP contribution in [0.2, 0.25) is 0 Å². The summed E-state index contributed by atoms with van der Waals surface area (Å²) in [5.41, 5.74) is 6.85. The molecular formula is C27H34O3. The molecule has 0 amide bonds. The van der Waals surface area contributed by atoms with Crippen molar-refractivity contribution >= 4 is 18.1 Å². The lowest BCUT2D eigenvalue weighted by molar-refractivity contribution is 0.0697. The van der Waals surface area contributed by atoms with Crippen molar-refractivity contribution in [2.75, 3.05) is 0 Å². The fourth-order valence-corrected chi connectivity index (χ4v) is 4.33. The van der Waals surface area contributed by atoms with Crippen LogP contribution in [0.3, 0.4) is 0 Å². The number of rotatable bonds is 6. The summed E-state index contributed by atoms with van der Waals surface area (Å²) in [5, 5.41) is 18.9. The Morgan fingerprint density at radius 1 is 1.00 bits per heavy atom. The number of fused-ring (bicyclic) bond motifs is 1. The molecule has 3 nitrogen and oxygen atoms in total. The van der Waals surface area contributed by atoms with E-state index < -0.39 is 5.97 Å². The fraction of sp³-hybridized carbons (Fsp3) is 0.444. The van der Waals surface area contributed by atoms with Crippen LogP contribution in [0.15, 0.2) is 36.4 Å². The van der Waals surface area contributed by atoms with E-state index in [4.69, 9.17) is 5.11 Å². The van der Waals surface area contributed by atoms with Crippen LogP contribution in [0.5, 0.6) is 0 Å². The third-order valence-electron chi connectivity index (χ3n) is 6.56. The van der Waals surface area contributed by atoms with Gasteiger partial charge in [-0.3, -0.25) is 0 Å². The van der Waals surface area contributed by atoms with Crippen LogP contribution in [0.1, 0.15) is 92.1 Å². The SMILES string of the molecule is CC(O)CCc1cc2c(cc1/C=C/c1ccc(C(=O)O)cc1)C(C)(C)CCC2(C)C. The van der Waals surface area contributed by atoms with Gasteiger partial charge in [0.15, 0.2) is 0 Å². The topological polar surface area (TPSA) is 57.5 Å². The Balaban J connectivity index is 2.04. The van der Waals surface area contributed by atoms with Gasteiger partial charge in [0, 0.05) is 0 Å². The van der Waals surface area contributed by atoms with E-state index in [1.165, 1.54) is 35.1 Å². The first kappa shape index (κ1) is 22.3. The van der Waals surface area contributed by atoms with Gasteiger partial charge in [0.25, 0.3) is 0 Å². The Morgan fingerprint density at radius 2 is 1.57 bits per heavy atom. The zero-order valence-corrected chi connectivity index (χ0v) is 18.8. The molecular weight excluding hydrogens is 372 g/mol. The summed E-state index contributed by atoms with van der Waals surface area (Å²) in [5.74, 6) is -0.912. The summed E-state index contributed by atoms with van der Waals surface area (Å²) >= 11 is 0. The Morgan fingerprint density at radius 3 is 2.10 bits per heavy atom. The molecule has 1 aliphatic carbocycles. The van der Waals surface area contributed by atoms with Crippen LogP contribution in [0, 0.1) is 0 Å². The van der Waals surface area contributed by atoms with Crippen LogP contribution in [0.25, 0.3) is 12.2 Å². The summed E-state index contributed by atoms with van der Waals surface area (Å²) < 4.78 is 0. The molecule has 3 heteroatoms. The molecule has 0 bridgehead atoms. The second-order valence-electron chi connectivity index (χ2n) is 10.0. The predicted molar refractivity (Wildman–Crippen MR) is 124 cm³/mol. The quantitative estimate of drug-likeness (QED) is 0.560. The molecule has 3 rings (SSSR count). The average Bonchev–Trinajstić information content (AvgIpc) is 2.68. The molecule has 2 N–H and O–H groups in total. The van der Waals surface area contributed by atoms with Crippen molar-refractivity contribution in [2.24, 2.45) is 0 Å². The molecule has 0 radical (unpaired) electrons. The molecule has 2 aromatic rings. The minimum atomic E-state index is -0.912. The molecule has 1 aliphatic rings. The van der Waals surface area contributed by atoms with Gasteiger partial charge in [0.05, 0.1) is 11.7 Å². The van der Waals surface area contributed by atoms with E-state index in [0.29, 0.717) is 5.56 Å². The number of carboxylic acids is 1.